The predicted octanol–water partition coefficient (Wildman–Crippen LogP) is 0.263. The average molecular weight is 376 g/mol. The molecule has 0 aromatic rings. The molecular weight excluding hydrogens is 352 g/mol. The van der Waals surface area contributed by atoms with Gasteiger partial charge in [0.1, 0.15) is 12.7 Å². The second kappa shape index (κ2) is 8.30. The van der Waals surface area contributed by atoms with Crippen molar-refractivity contribution in [1.82, 2.24) is 0 Å². The lowest BCUT2D eigenvalue weighted by atomic mass is 9.98. The van der Waals surface area contributed by atoms with E-state index in [9.17, 15) is 14.4 Å². The van der Waals surface area contributed by atoms with Gasteiger partial charge in [0.15, 0.2) is 24.6 Å². The third-order valence-corrected chi connectivity index (χ3v) is 3.73. The van der Waals surface area contributed by atoms with Gasteiger partial charge in [0, 0.05) is 34.3 Å². The van der Waals surface area contributed by atoms with Crippen molar-refractivity contribution < 1.29 is 47.5 Å². The van der Waals surface area contributed by atoms with Gasteiger partial charge >= 0.3 is 17.9 Å². The van der Waals surface area contributed by atoms with Crippen molar-refractivity contribution in [3.8, 4) is 0 Å². The molecule has 0 bridgehead atoms. The van der Waals surface area contributed by atoms with Gasteiger partial charge in [-0.2, -0.15) is 0 Å². The Balaban J connectivity index is 2.29. The monoisotopic (exact) mass is 376 g/mol. The molecule has 6 atom stereocenters. The summed E-state index contributed by atoms with van der Waals surface area (Å²) >= 11 is 0. The van der Waals surface area contributed by atoms with Gasteiger partial charge in [-0.25, -0.2) is 0 Å². The summed E-state index contributed by atoms with van der Waals surface area (Å²) < 4.78 is 38.2. The molecule has 2 fully saturated rings. The van der Waals surface area contributed by atoms with E-state index in [4.69, 9.17) is 33.2 Å². The maximum atomic E-state index is 11.6. The first-order valence-corrected chi connectivity index (χ1v) is 8.28. The maximum absolute atomic E-state index is 11.6. The van der Waals surface area contributed by atoms with E-state index in [1.807, 2.05) is 0 Å². The minimum Gasteiger partial charge on any atom is -0.463 e. The minimum atomic E-state index is -1.42. The van der Waals surface area contributed by atoms with Crippen LogP contribution in [0.3, 0.4) is 0 Å². The van der Waals surface area contributed by atoms with Crippen LogP contribution in [-0.4, -0.2) is 67.8 Å². The Bertz CT molecular complexity index is 549. The number of carbonyl (C=O) groups excluding carboxylic acids is 3. The topological polar surface area (TPSA) is 116 Å². The summed E-state index contributed by atoms with van der Waals surface area (Å²) in [5.74, 6) is -3.18. The van der Waals surface area contributed by atoms with E-state index < -0.39 is 54.6 Å². The smallest absolute Gasteiger partial charge is 0.303 e. The molecule has 0 radical (unpaired) electrons. The lowest BCUT2D eigenvalue weighted by molar-refractivity contribution is -0.342. The van der Waals surface area contributed by atoms with E-state index in [1.54, 1.807) is 13.8 Å². The van der Waals surface area contributed by atoms with Crippen LogP contribution >= 0.6 is 0 Å². The van der Waals surface area contributed by atoms with Crippen LogP contribution in [0.1, 0.15) is 34.6 Å². The van der Waals surface area contributed by atoms with Gasteiger partial charge in [0.05, 0.1) is 0 Å². The Labute approximate surface area is 150 Å². The zero-order valence-electron chi connectivity index (χ0n) is 15.4. The van der Waals surface area contributed by atoms with Crippen molar-refractivity contribution in [2.75, 3.05) is 13.2 Å². The van der Waals surface area contributed by atoms with Crippen LogP contribution in [0.15, 0.2) is 0 Å². The third kappa shape index (κ3) is 4.91. The number of rotatable bonds is 6. The van der Waals surface area contributed by atoms with Gasteiger partial charge in [0.2, 0.25) is 0 Å². The highest BCUT2D eigenvalue weighted by Crippen LogP contribution is 2.39. The van der Waals surface area contributed by atoms with Gasteiger partial charge in [0.25, 0.3) is 5.97 Å². The largest absolute Gasteiger partial charge is 0.463 e. The summed E-state index contributed by atoms with van der Waals surface area (Å²) in [6.07, 6.45) is -4.86. The van der Waals surface area contributed by atoms with Crippen molar-refractivity contribution in [2.45, 2.75) is 71.3 Å². The van der Waals surface area contributed by atoms with Crippen LogP contribution in [0, 0.1) is 0 Å². The molecule has 0 saturated carbocycles. The Hall–Kier alpha value is -1.75. The number of fused-ring (bicyclic) bond motifs is 1. The van der Waals surface area contributed by atoms with Crippen LogP contribution in [-0.2, 0) is 47.5 Å². The summed E-state index contributed by atoms with van der Waals surface area (Å²) in [6.45, 7) is 7.04. The van der Waals surface area contributed by atoms with Crippen molar-refractivity contribution >= 4 is 17.9 Å². The molecule has 0 aliphatic carbocycles. The molecule has 2 rings (SSSR count). The van der Waals surface area contributed by atoms with Crippen LogP contribution in [0.2, 0.25) is 0 Å². The van der Waals surface area contributed by atoms with Crippen molar-refractivity contribution in [2.24, 2.45) is 0 Å². The fourth-order valence-corrected chi connectivity index (χ4v) is 2.91. The first-order chi connectivity index (χ1) is 12.1. The van der Waals surface area contributed by atoms with Crippen LogP contribution < -0.4 is 0 Å². The van der Waals surface area contributed by atoms with Crippen molar-refractivity contribution in [3.63, 3.8) is 0 Å². The molecule has 2 saturated heterocycles. The Kier molecular flexibility index (Phi) is 6.56. The Morgan fingerprint density at radius 2 is 1.58 bits per heavy atom. The lowest BCUT2D eigenvalue weighted by Crippen LogP contribution is -2.60. The van der Waals surface area contributed by atoms with E-state index in [-0.39, 0.29) is 6.61 Å². The van der Waals surface area contributed by atoms with Crippen LogP contribution in [0.4, 0.5) is 0 Å². The number of hydrogen-bond donors (Lipinski definition) is 0. The molecule has 10 nitrogen and oxygen atoms in total. The van der Waals surface area contributed by atoms with Gasteiger partial charge in [-0.3, -0.25) is 19.1 Å². The molecule has 0 spiro atoms. The first kappa shape index (κ1) is 20.6. The van der Waals surface area contributed by atoms with E-state index in [0.29, 0.717) is 6.61 Å². The number of ether oxygens (including phenoxy) is 7. The summed E-state index contributed by atoms with van der Waals surface area (Å²) in [4.78, 5) is 34.2. The standard InChI is InChI=1S/C16H24O10/c1-6-21-16(5)25-14-13(23-10(4)19)12(22-9(3)18)11(7-20-8(2)17)24-15(14)26-16/h11-15H,6-7H2,1-5H3/t11-,12-,13+,14+,15+,16-/m1/s1. The Morgan fingerprint density at radius 1 is 0.962 bits per heavy atom. The molecule has 2 aliphatic heterocycles. The molecule has 148 valence electrons. The molecule has 10 heteroatoms. The second-order valence-corrected chi connectivity index (χ2v) is 5.99. The lowest BCUT2D eigenvalue weighted by Gasteiger charge is -2.40. The normalized spacial score (nSPS) is 36.1. The van der Waals surface area contributed by atoms with E-state index in [1.165, 1.54) is 20.8 Å². The fourth-order valence-electron chi connectivity index (χ4n) is 2.91. The van der Waals surface area contributed by atoms with Crippen LogP contribution in [0.25, 0.3) is 0 Å². The molecule has 2 heterocycles. The third-order valence-electron chi connectivity index (χ3n) is 3.73. The molecule has 0 unspecified atom stereocenters. The average Bonchev–Trinajstić information content (AvgIpc) is 2.83. The zero-order chi connectivity index (χ0) is 19.5. The Morgan fingerprint density at radius 3 is 2.12 bits per heavy atom. The zero-order valence-corrected chi connectivity index (χ0v) is 15.4. The van der Waals surface area contributed by atoms with Gasteiger partial charge in [-0.05, 0) is 6.92 Å². The summed E-state index contributed by atoms with van der Waals surface area (Å²) in [6, 6.07) is 0. The summed E-state index contributed by atoms with van der Waals surface area (Å²) in [5.41, 5.74) is 0. The minimum absolute atomic E-state index is 0.219. The molecule has 0 N–H and O–H groups in total. The van der Waals surface area contributed by atoms with Crippen molar-refractivity contribution in [3.05, 3.63) is 0 Å². The van der Waals surface area contributed by atoms with Gasteiger partial charge in [-0.1, -0.05) is 0 Å². The van der Waals surface area contributed by atoms with Gasteiger partial charge in [-0.15, -0.1) is 0 Å². The predicted molar refractivity (Wildman–Crippen MR) is 82.4 cm³/mol. The molecule has 0 aromatic heterocycles. The first-order valence-electron chi connectivity index (χ1n) is 8.28. The second-order valence-electron chi connectivity index (χ2n) is 5.99. The molecule has 26 heavy (non-hydrogen) atoms. The highest BCUT2D eigenvalue weighted by atomic mass is 16.9. The number of esters is 3. The fraction of sp³-hybridized carbons (Fsp3) is 0.812. The molecular formula is C16H24O10. The molecule has 0 aromatic carbocycles. The quantitative estimate of drug-likeness (QED) is 0.472. The maximum Gasteiger partial charge on any atom is 0.303 e. The van der Waals surface area contributed by atoms with Crippen LogP contribution in [0.5, 0.6) is 0 Å². The molecule has 2 aliphatic rings. The van der Waals surface area contributed by atoms with E-state index >= 15 is 0 Å². The molecule has 0 amide bonds. The number of hydrogen-bond acceptors (Lipinski definition) is 10. The highest BCUT2D eigenvalue weighted by molar-refractivity contribution is 5.67. The van der Waals surface area contributed by atoms with Gasteiger partial charge < -0.3 is 28.4 Å². The summed E-state index contributed by atoms with van der Waals surface area (Å²) in [7, 11) is 0. The number of carbonyl (C=O) groups is 3. The summed E-state index contributed by atoms with van der Waals surface area (Å²) in [5, 5.41) is 0. The van der Waals surface area contributed by atoms with E-state index in [0.717, 1.165) is 0 Å². The highest BCUT2D eigenvalue weighted by Gasteiger charge is 2.59. The van der Waals surface area contributed by atoms with Crippen molar-refractivity contribution in [1.29, 1.82) is 0 Å². The van der Waals surface area contributed by atoms with E-state index in [2.05, 4.69) is 0 Å². The SMILES string of the molecule is CCO[C@@]1(C)O[C@@H]2O[C@H](COC(C)=O)[C@@H](OC(C)=O)[C@H](OC(C)=O)[C@@H]2O1.